The molecule has 1 amide bonds. The van der Waals surface area contributed by atoms with E-state index < -0.39 is 0 Å². The van der Waals surface area contributed by atoms with Crippen molar-refractivity contribution < 1.29 is 4.79 Å². The fourth-order valence-corrected chi connectivity index (χ4v) is 6.17. The number of aromatic amines is 1. The lowest BCUT2D eigenvalue weighted by atomic mass is 9.93. The molecule has 0 spiro atoms. The number of pyridine rings is 1. The lowest BCUT2D eigenvalue weighted by Crippen LogP contribution is -2.50. The fraction of sp³-hybridized carbons (Fsp3) is 0.286. The molecule has 0 bridgehead atoms. The number of benzene rings is 2. The third-order valence-electron chi connectivity index (χ3n) is 8.84. The predicted molar refractivity (Wildman–Crippen MR) is 177 cm³/mol. The van der Waals surface area contributed by atoms with Gasteiger partial charge in [-0.1, -0.05) is 30.8 Å². The Morgan fingerprint density at radius 2 is 1.79 bits per heavy atom. The monoisotopic (exact) mass is 573 g/mol. The first kappa shape index (κ1) is 28.4. The van der Waals surface area contributed by atoms with E-state index in [0.717, 1.165) is 86.7 Å². The second kappa shape index (κ2) is 11.2. The number of rotatable bonds is 6. The largest absolute Gasteiger partial charge is 0.369 e. The number of H-pyrrole nitrogens is 1. The van der Waals surface area contributed by atoms with Crippen molar-refractivity contribution >= 4 is 28.3 Å². The summed E-state index contributed by atoms with van der Waals surface area (Å²) in [4.78, 5) is 25.7. The van der Waals surface area contributed by atoms with Gasteiger partial charge in [0.25, 0.3) is 0 Å². The third-order valence-corrected chi connectivity index (χ3v) is 8.84. The number of nitrogens with zero attached hydrogens (tertiary/aromatic N) is 5. The first-order valence-corrected chi connectivity index (χ1v) is 14.8. The first-order valence-electron chi connectivity index (χ1n) is 14.8. The minimum Gasteiger partial charge on any atom is -0.369 e. The molecule has 220 valence electrons. The average molecular weight is 574 g/mol. The highest BCUT2D eigenvalue weighted by Crippen LogP contribution is 2.43. The normalized spacial score (nSPS) is 15.7. The molecule has 4 heterocycles. The van der Waals surface area contributed by atoms with Crippen LogP contribution in [-0.2, 0) is 11.8 Å². The molecular weight excluding hydrogens is 534 g/mol. The van der Waals surface area contributed by atoms with Crippen molar-refractivity contribution in [3.8, 4) is 33.5 Å². The van der Waals surface area contributed by atoms with E-state index in [0.29, 0.717) is 6.04 Å². The Kier molecular flexibility index (Phi) is 7.40. The number of likely N-dealkylation sites (N-methyl/N-ethyl adjacent to an activating group) is 1. The Balaban J connectivity index is 1.52. The van der Waals surface area contributed by atoms with Crippen molar-refractivity contribution in [2.24, 2.45) is 7.05 Å². The van der Waals surface area contributed by atoms with Gasteiger partial charge in [-0.2, -0.15) is 5.10 Å². The van der Waals surface area contributed by atoms with E-state index in [1.54, 1.807) is 0 Å². The number of hydrogen-bond acceptors (Lipinski definition) is 5. The van der Waals surface area contributed by atoms with Gasteiger partial charge in [0.2, 0.25) is 5.91 Å². The summed E-state index contributed by atoms with van der Waals surface area (Å²) < 4.78 is 1.84. The standard InChI is InChI=1S/C35H39N7O/c1-8-31(43)37-30-17-26(10-9-21(30)2)33-32-23(4)28(29-20-41(7)39-24(29)5)18-36-35(32)38-34(33)25-11-13-27(14-12-25)42-16-15-40(6)22(3)19-42/h8-14,17-18,20,22H,1,15-16,19H2,2-7H3,(H,36,38)(H,37,43)/t22-/m1/s1. The number of carbonyl (C=O) groups excluding carboxylic acids is 1. The first-order chi connectivity index (χ1) is 20.6. The molecular formula is C35H39N7O. The van der Waals surface area contributed by atoms with Crippen LogP contribution in [0.15, 0.2) is 67.5 Å². The van der Waals surface area contributed by atoms with Crippen LogP contribution in [0.5, 0.6) is 0 Å². The average Bonchev–Trinajstić information content (AvgIpc) is 3.55. The lowest BCUT2D eigenvalue weighted by molar-refractivity contribution is -0.111. The minimum absolute atomic E-state index is 0.236. The SMILES string of the molecule is C=CC(=O)Nc1cc(-c2c(-c3ccc(N4CCN(C)[C@H](C)C4)cc3)[nH]c3ncc(-c4cn(C)nc4C)c(C)c23)ccc1C. The molecule has 6 rings (SSSR count). The van der Waals surface area contributed by atoms with Gasteiger partial charge in [0, 0.05) is 78.6 Å². The van der Waals surface area contributed by atoms with Crippen LogP contribution in [-0.4, -0.2) is 63.3 Å². The van der Waals surface area contributed by atoms with Gasteiger partial charge in [-0.05, 0) is 81.3 Å². The molecule has 8 nitrogen and oxygen atoms in total. The summed E-state index contributed by atoms with van der Waals surface area (Å²) in [5.41, 5.74) is 12.1. The van der Waals surface area contributed by atoms with Crippen molar-refractivity contribution in [1.29, 1.82) is 0 Å². The summed E-state index contributed by atoms with van der Waals surface area (Å²) in [5.74, 6) is -0.236. The molecule has 1 fully saturated rings. The highest BCUT2D eigenvalue weighted by molar-refractivity contribution is 6.07. The second-order valence-electron chi connectivity index (χ2n) is 11.7. The number of carbonyl (C=O) groups is 1. The molecule has 0 unspecified atom stereocenters. The summed E-state index contributed by atoms with van der Waals surface area (Å²) in [6.45, 7) is 15.2. The van der Waals surface area contributed by atoms with Crippen LogP contribution >= 0.6 is 0 Å². The third kappa shape index (κ3) is 5.23. The second-order valence-corrected chi connectivity index (χ2v) is 11.7. The van der Waals surface area contributed by atoms with Crippen LogP contribution in [0, 0.1) is 20.8 Å². The summed E-state index contributed by atoms with van der Waals surface area (Å²) in [6, 6.07) is 15.6. The van der Waals surface area contributed by atoms with Gasteiger partial charge in [-0.3, -0.25) is 9.48 Å². The van der Waals surface area contributed by atoms with Gasteiger partial charge in [0.05, 0.1) is 11.4 Å². The van der Waals surface area contributed by atoms with Gasteiger partial charge in [-0.25, -0.2) is 4.98 Å². The van der Waals surface area contributed by atoms with Crippen LogP contribution in [0.1, 0.15) is 23.7 Å². The molecule has 1 saturated heterocycles. The quantitative estimate of drug-likeness (QED) is 0.227. The zero-order chi connectivity index (χ0) is 30.4. The van der Waals surface area contributed by atoms with Crippen molar-refractivity contribution in [2.45, 2.75) is 33.7 Å². The van der Waals surface area contributed by atoms with E-state index in [9.17, 15) is 4.79 Å². The summed E-state index contributed by atoms with van der Waals surface area (Å²) in [6.07, 6.45) is 5.28. The van der Waals surface area contributed by atoms with Crippen LogP contribution < -0.4 is 10.2 Å². The van der Waals surface area contributed by atoms with Crippen LogP contribution in [0.3, 0.4) is 0 Å². The minimum atomic E-state index is -0.236. The zero-order valence-electron chi connectivity index (χ0n) is 25.8. The van der Waals surface area contributed by atoms with Crippen molar-refractivity contribution in [3.63, 3.8) is 0 Å². The van der Waals surface area contributed by atoms with Gasteiger partial charge in [-0.15, -0.1) is 0 Å². The molecule has 0 radical (unpaired) electrons. The molecule has 3 aromatic heterocycles. The van der Waals surface area contributed by atoms with E-state index >= 15 is 0 Å². The molecule has 2 aromatic carbocycles. The highest BCUT2D eigenvalue weighted by Gasteiger charge is 2.23. The van der Waals surface area contributed by atoms with Gasteiger partial charge in [0.15, 0.2) is 0 Å². The zero-order valence-corrected chi connectivity index (χ0v) is 25.8. The summed E-state index contributed by atoms with van der Waals surface area (Å²) in [7, 11) is 4.13. The molecule has 1 atom stereocenters. The van der Waals surface area contributed by atoms with E-state index in [4.69, 9.17) is 4.98 Å². The molecule has 0 saturated carbocycles. The van der Waals surface area contributed by atoms with Crippen molar-refractivity contribution in [1.82, 2.24) is 24.6 Å². The fourth-order valence-electron chi connectivity index (χ4n) is 6.17. The maximum Gasteiger partial charge on any atom is 0.247 e. The molecule has 2 N–H and O–H groups in total. The number of amides is 1. The molecule has 0 aliphatic carbocycles. The van der Waals surface area contributed by atoms with Crippen LogP contribution in [0.4, 0.5) is 11.4 Å². The van der Waals surface area contributed by atoms with Gasteiger partial charge < -0.3 is 20.1 Å². The van der Waals surface area contributed by atoms with E-state index in [2.05, 4.69) is 83.0 Å². The van der Waals surface area contributed by atoms with Gasteiger partial charge in [0.1, 0.15) is 5.65 Å². The molecule has 43 heavy (non-hydrogen) atoms. The Labute approximate surface area is 253 Å². The smallest absolute Gasteiger partial charge is 0.247 e. The number of aromatic nitrogens is 4. The number of fused-ring (bicyclic) bond motifs is 1. The number of piperazine rings is 1. The molecule has 8 heteroatoms. The maximum absolute atomic E-state index is 12.3. The summed E-state index contributed by atoms with van der Waals surface area (Å²) in [5, 5.41) is 8.61. The number of anilines is 2. The van der Waals surface area contributed by atoms with Crippen molar-refractivity contribution in [3.05, 3.63) is 84.3 Å². The number of nitrogens with one attached hydrogen (secondary N) is 2. The van der Waals surface area contributed by atoms with Crippen LogP contribution in [0.2, 0.25) is 0 Å². The topological polar surface area (TPSA) is 82.1 Å². The predicted octanol–water partition coefficient (Wildman–Crippen LogP) is 6.49. The van der Waals surface area contributed by atoms with E-state index in [1.807, 2.05) is 50.1 Å². The Bertz CT molecular complexity index is 1850. The van der Waals surface area contributed by atoms with Gasteiger partial charge >= 0.3 is 0 Å². The number of aryl methyl sites for hydroxylation is 4. The molecule has 1 aliphatic heterocycles. The Morgan fingerprint density at radius 1 is 1.05 bits per heavy atom. The number of hydrogen-bond donors (Lipinski definition) is 2. The van der Waals surface area contributed by atoms with E-state index in [-0.39, 0.29) is 5.91 Å². The van der Waals surface area contributed by atoms with Crippen molar-refractivity contribution in [2.75, 3.05) is 36.9 Å². The molecule has 5 aromatic rings. The Morgan fingerprint density at radius 3 is 2.47 bits per heavy atom. The maximum atomic E-state index is 12.3. The van der Waals surface area contributed by atoms with Crippen LogP contribution in [0.25, 0.3) is 44.5 Å². The molecule has 1 aliphatic rings. The summed E-state index contributed by atoms with van der Waals surface area (Å²) >= 11 is 0. The Hall–Kier alpha value is -4.69. The lowest BCUT2D eigenvalue weighted by Gasteiger charge is -2.39. The van der Waals surface area contributed by atoms with E-state index in [1.165, 1.54) is 11.8 Å². The highest BCUT2D eigenvalue weighted by atomic mass is 16.1.